The third kappa shape index (κ3) is 7.13. The van der Waals surface area contributed by atoms with Gasteiger partial charge in [0.2, 0.25) is 5.90 Å². The molecule has 0 aromatic carbocycles. The van der Waals surface area contributed by atoms with Crippen molar-refractivity contribution in [2.75, 3.05) is 11.9 Å². The summed E-state index contributed by atoms with van der Waals surface area (Å²) < 4.78 is 46.8. The number of halogens is 3. The van der Waals surface area contributed by atoms with E-state index >= 15 is 0 Å². The number of nitrogens with zero attached hydrogens (tertiary/aromatic N) is 3. The molecule has 216 valence electrons. The van der Waals surface area contributed by atoms with Crippen LogP contribution in [0, 0.1) is 5.41 Å². The molecule has 1 aliphatic rings. The third-order valence-electron chi connectivity index (χ3n) is 6.02. The number of carbonyl (C=O) groups excluding carboxylic acids is 3. The molecule has 3 aromatic rings. The van der Waals surface area contributed by atoms with Crippen LogP contribution in [0.5, 0.6) is 0 Å². The van der Waals surface area contributed by atoms with Gasteiger partial charge in [0.05, 0.1) is 5.56 Å². The second kappa shape index (κ2) is 12.3. The minimum Gasteiger partial charge on any atom is -0.391 e. The molecule has 3 aromatic heterocycles. The molecule has 1 fully saturated rings. The van der Waals surface area contributed by atoms with Gasteiger partial charge in [0.15, 0.2) is 5.69 Å². The Morgan fingerprint density at radius 2 is 1.88 bits per heavy atom. The Morgan fingerprint density at radius 1 is 1.15 bits per heavy atom. The summed E-state index contributed by atoms with van der Waals surface area (Å²) in [5.74, 6) is -1.47. The molecule has 4 amide bonds. The van der Waals surface area contributed by atoms with E-state index in [1.807, 2.05) is 0 Å². The lowest BCUT2D eigenvalue weighted by Gasteiger charge is -2.12. The smallest absolute Gasteiger partial charge is 0.391 e. The molecule has 16 heteroatoms. The molecule has 0 spiro atoms. The van der Waals surface area contributed by atoms with Crippen LogP contribution in [0.4, 0.5) is 28.6 Å². The number of anilines is 1. The number of carbonyl (C=O) groups is 3. The number of primary amides is 1. The first-order chi connectivity index (χ1) is 19.5. The average molecular weight is 591 g/mol. The maximum absolute atomic E-state index is 14.1. The summed E-state index contributed by atoms with van der Waals surface area (Å²) in [5, 5.41) is 15.4. The minimum atomic E-state index is -4.92. The second-order valence-corrected chi connectivity index (χ2v) is 9.96. The summed E-state index contributed by atoms with van der Waals surface area (Å²) in [5.41, 5.74) is 4.28. The topological polar surface area (TPSA) is 185 Å². The summed E-state index contributed by atoms with van der Waals surface area (Å²) in [6, 6.07) is 1.90. The van der Waals surface area contributed by atoms with Crippen LogP contribution in [-0.2, 0) is 10.9 Å². The number of nitrogens with one attached hydrogen (secondary N) is 4. The highest BCUT2D eigenvalue weighted by Gasteiger charge is 2.40. The summed E-state index contributed by atoms with van der Waals surface area (Å²) in [4.78, 5) is 47.6. The number of aromatic nitrogens is 3. The molecule has 0 saturated heterocycles. The highest BCUT2D eigenvalue weighted by atomic mass is 32.1. The van der Waals surface area contributed by atoms with E-state index in [9.17, 15) is 27.6 Å². The normalized spacial score (nSPS) is 13.5. The number of hydrogen-bond acceptors (Lipinski definition) is 9. The van der Waals surface area contributed by atoms with Gasteiger partial charge in [-0.25, -0.2) is 19.6 Å². The molecule has 0 radical (unpaired) electrons. The van der Waals surface area contributed by atoms with E-state index < -0.39 is 40.7 Å². The summed E-state index contributed by atoms with van der Waals surface area (Å²) in [7, 11) is 0. The molecular weight excluding hydrogens is 565 g/mol. The fourth-order valence-corrected chi connectivity index (χ4v) is 5.24. The van der Waals surface area contributed by atoms with Crippen LogP contribution in [0.25, 0.3) is 21.7 Å². The van der Waals surface area contributed by atoms with E-state index in [1.54, 1.807) is 6.92 Å². The van der Waals surface area contributed by atoms with Gasteiger partial charge in [0.25, 0.3) is 5.91 Å². The van der Waals surface area contributed by atoms with Crippen molar-refractivity contribution < 1.29 is 32.3 Å². The SMILES string of the molecule is CCNC(=O)Nc1cc(-c2nc(C(F)(F)F)c(C(=O)NC3CCCC3)s2)c(-c2cncc(C(=N)OC(N)=O)c2)cn1. The first-order valence-electron chi connectivity index (χ1n) is 12.4. The molecule has 0 atom stereocenters. The van der Waals surface area contributed by atoms with E-state index in [2.05, 4.69) is 35.6 Å². The fraction of sp³-hybridized carbons (Fsp3) is 0.320. The lowest BCUT2D eigenvalue weighted by atomic mass is 10.0. The number of pyridine rings is 2. The van der Waals surface area contributed by atoms with Crippen molar-refractivity contribution in [3.05, 3.63) is 46.9 Å². The Kier molecular flexibility index (Phi) is 8.80. The fourth-order valence-electron chi connectivity index (χ4n) is 4.23. The molecule has 4 rings (SSSR count). The molecular formula is C25H25F3N8O4S. The zero-order valence-corrected chi connectivity index (χ0v) is 22.4. The second-order valence-electron chi connectivity index (χ2n) is 8.96. The quantitative estimate of drug-likeness (QED) is 0.198. The molecule has 0 unspecified atom stereocenters. The van der Waals surface area contributed by atoms with E-state index in [0.29, 0.717) is 30.7 Å². The van der Waals surface area contributed by atoms with Gasteiger partial charge in [-0.1, -0.05) is 12.8 Å². The standard InChI is InChI=1S/C25H25F3N8O4S/c1-2-32-24(39)35-17-8-15(16(11-33-17)12-7-13(10-31-9-12)20(29)40-23(30)38)22-36-19(25(26,27)28)18(41-22)21(37)34-14-5-3-4-6-14/h7-11,14,29H,2-6H2,1H3,(H2,30,38)(H,34,37)(H2,32,33,35,39). The van der Waals surface area contributed by atoms with Gasteiger partial charge < -0.3 is 21.1 Å². The number of alkyl halides is 3. The number of hydrogen-bond donors (Lipinski definition) is 5. The third-order valence-corrected chi connectivity index (χ3v) is 7.11. The lowest BCUT2D eigenvalue weighted by molar-refractivity contribution is -0.141. The average Bonchev–Trinajstić information content (AvgIpc) is 3.59. The van der Waals surface area contributed by atoms with Crippen molar-refractivity contribution in [2.45, 2.75) is 44.8 Å². The molecule has 0 aliphatic heterocycles. The number of urea groups is 1. The molecule has 3 heterocycles. The number of ether oxygens (including phenoxy) is 1. The first-order valence-corrected chi connectivity index (χ1v) is 13.2. The highest BCUT2D eigenvalue weighted by molar-refractivity contribution is 7.17. The zero-order valence-electron chi connectivity index (χ0n) is 21.6. The van der Waals surface area contributed by atoms with Crippen LogP contribution in [0.3, 0.4) is 0 Å². The maximum atomic E-state index is 14.1. The van der Waals surface area contributed by atoms with Crippen molar-refractivity contribution in [3.63, 3.8) is 0 Å². The largest absolute Gasteiger partial charge is 0.435 e. The Labute approximate surface area is 235 Å². The van der Waals surface area contributed by atoms with Crippen molar-refractivity contribution in [1.82, 2.24) is 25.6 Å². The molecule has 1 aliphatic carbocycles. The van der Waals surface area contributed by atoms with Gasteiger partial charge in [-0.05, 0) is 31.9 Å². The van der Waals surface area contributed by atoms with E-state index in [1.165, 1.54) is 30.7 Å². The van der Waals surface area contributed by atoms with Gasteiger partial charge in [-0.15, -0.1) is 11.3 Å². The zero-order chi connectivity index (χ0) is 29.7. The molecule has 1 saturated carbocycles. The van der Waals surface area contributed by atoms with Crippen LogP contribution in [0.1, 0.15) is 53.5 Å². The number of nitrogens with two attached hydrogens (primary N) is 1. The summed E-state index contributed by atoms with van der Waals surface area (Å²) >= 11 is 0.549. The Morgan fingerprint density at radius 3 is 2.54 bits per heavy atom. The van der Waals surface area contributed by atoms with Crippen LogP contribution >= 0.6 is 11.3 Å². The van der Waals surface area contributed by atoms with Crippen molar-refractivity contribution >= 4 is 41.1 Å². The van der Waals surface area contributed by atoms with Crippen molar-refractivity contribution in [1.29, 1.82) is 5.41 Å². The van der Waals surface area contributed by atoms with E-state index in [-0.39, 0.29) is 39.1 Å². The highest BCUT2D eigenvalue weighted by Crippen LogP contribution is 2.41. The number of thiazole rings is 1. The lowest BCUT2D eigenvalue weighted by Crippen LogP contribution is -2.33. The Balaban J connectivity index is 1.83. The Bertz CT molecular complexity index is 1490. The van der Waals surface area contributed by atoms with Gasteiger partial charge in [0, 0.05) is 47.9 Å². The number of amides is 4. The van der Waals surface area contributed by atoms with Crippen molar-refractivity contribution in [2.24, 2.45) is 5.73 Å². The monoisotopic (exact) mass is 590 g/mol. The molecule has 6 N–H and O–H groups in total. The summed E-state index contributed by atoms with van der Waals surface area (Å²) in [6.45, 7) is 2.02. The predicted molar refractivity (Wildman–Crippen MR) is 143 cm³/mol. The Hall–Kier alpha value is -4.60. The number of rotatable bonds is 7. The van der Waals surface area contributed by atoms with Crippen LogP contribution < -0.4 is 21.7 Å². The molecule has 0 bridgehead atoms. The van der Waals surface area contributed by atoms with Gasteiger partial charge in [-0.3, -0.25) is 20.5 Å². The summed E-state index contributed by atoms with van der Waals surface area (Å²) in [6.07, 6.45) is 0.838. The van der Waals surface area contributed by atoms with Gasteiger partial charge >= 0.3 is 18.3 Å². The first kappa shape index (κ1) is 29.4. The van der Waals surface area contributed by atoms with E-state index in [0.717, 1.165) is 12.8 Å². The van der Waals surface area contributed by atoms with Crippen LogP contribution in [0.15, 0.2) is 30.7 Å². The van der Waals surface area contributed by atoms with Gasteiger partial charge in [0.1, 0.15) is 15.7 Å². The predicted octanol–water partition coefficient (Wildman–Crippen LogP) is 4.52. The van der Waals surface area contributed by atoms with Crippen LogP contribution in [0.2, 0.25) is 0 Å². The van der Waals surface area contributed by atoms with E-state index in [4.69, 9.17) is 11.1 Å². The minimum absolute atomic E-state index is 0.00401. The maximum Gasteiger partial charge on any atom is 0.435 e. The van der Waals surface area contributed by atoms with Crippen LogP contribution in [-0.4, -0.2) is 51.5 Å². The molecule has 12 nitrogen and oxygen atoms in total. The van der Waals surface area contributed by atoms with Crippen molar-refractivity contribution in [3.8, 4) is 21.7 Å². The molecule has 41 heavy (non-hydrogen) atoms. The van der Waals surface area contributed by atoms with Gasteiger partial charge in [-0.2, -0.15) is 13.2 Å².